The maximum absolute atomic E-state index is 15.5. The first-order valence-corrected chi connectivity index (χ1v) is 16.8. The number of sulfonamides is 2. The molecule has 0 radical (unpaired) electrons. The Hall–Kier alpha value is -3.93. The average Bonchev–Trinajstić information content (AvgIpc) is 3.56. The maximum Gasteiger partial charge on any atom is 0.295 e. The van der Waals surface area contributed by atoms with Crippen LogP contribution in [0.1, 0.15) is 6.42 Å². The van der Waals surface area contributed by atoms with Gasteiger partial charge in [-0.1, -0.05) is 41.9 Å². The van der Waals surface area contributed by atoms with Crippen molar-refractivity contribution in [2.45, 2.75) is 27.8 Å². The van der Waals surface area contributed by atoms with Crippen molar-refractivity contribution in [2.75, 3.05) is 11.4 Å². The third kappa shape index (κ3) is 5.79. The van der Waals surface area contributed by atoms with Gasteiger partial charge in [-0.15, -0.1) is 15.6 Å². The van der Waals surface area contributed by atoms with Gasteiger partial charge in [0.2, 0.25) is 22.2 Å². The van der Waals surface area contributed by atoms with Crippen LogP contribution in [0.3, 0.4) is 0 Å². The first-order valence-electron chi connectivity index (χ1n) is 12.6. The molecule has 1 aliphatic rings. The first kappa shape index (κ1) is 31.5. The topological polar surface area (TPSA) is 187 Å². The molecule has 3 aromatic carbocycles. The van der Waals surface area contributed by atoms with E-state index in [2.05, 4.69) is 0 Å². The Morgan fingerprint density at radius 3 is 2.50 bits per heavy atom. The van der Waals surface area contributed by atoms with E-state index in [4.69, 9.17) is 27.2 Å². The highest BCUT2D eigenvalue weighted by molar-refractivity contribution is 7.91. The number of amides is 2. The van der Waals surface area contributed by atoms with Gasteiger partial charge in [-0.25, -0.2) is 26.4 Å². The molecule has 0 spiro atoms. The fourth-order valence-corrected chi connectivity index (χ4v) is 9.16. The molecule has 2 amide bonds. The highest BCUT2D eigenvalue weighted by Crippen LogP contribution is 2.37. The van der Waals surface area contributed by atoms with E-state index in [1.165, 1.54) is 42.5 Å². The number of thiophene rings is 1. The number of rotatable bonds is 10. The lowest BCUT2D eigenvalue weighted by Gasteiger charge is -2.30. The molecule has 230 valence electrons. The minimum Gasteiger partial charge on any atom is -0.438 e. The number of hydrogen-bond donors (Lipinski definition) is 2. The predicted octanol–water partition coefficient (Wildman–Crippen LogP) is 2.79. The molecule has 17 heteroatoms. The first-order chi connectivity index (χ1) is 20.7. The van der Waals surface area contributed by atoms with Crippen molar-refractivity contribution in [1.29, 1.82) is 0 Å². The number of ether oxygens (including phenoxy) is 1. The number of nitrogens with zero attached hydrogens (tertiary/aromatic N) is 2. The van der Waals surface area contributed by atoms with Crippen LogP contribution in [0, 0.1) is 5.82 Å². The van der Waals surface area contributed by atoms with Crippen LogP contribution in [-0.4, -0.2) is 58.2 Å². The molecule has 2 unspecified atom stereocenters. The van der Waals surface area contributed by atoms with Crippen LogP contribution in [0.4, 0.5) is 10.1 Å². The second-order valence-electron chi connectivity index (χ2n) is 9.57. The lowest BCUT2D eigenvalue weighted by molar-refractivity contribution is -0.153. The SMILES string of the molecule is NC(=O)C(OC=O)N(C1CCN(c2ccc(-c3ccccc3S(N)(=O)=O)cc2F)C1=O)S(=O)(=O)c1cc2ccc(Cl)cc2s1. The summed E-state index contributed by atoms with van der Waals surface area (Å²) in [5, 5.41) is 6.16. The molecule has 4 N–H and O–H groups in total. The van der Waals surface area contributed by atoms with E-state index < -0.39 is 49.9 Å². The fraction of sp³-hybridized carbons (Fsp3) is 0.148. The highest BCUT2D eigenvalue weighted by atomic mass is 35.5. The quantitative estimate of drug-likeness (QED) is 0.189. The van der Waals surface area contributed by atoms with Crippen molar-refractivity contribution in [2.24, 2.45) is 10.9 Å². The number of primary sulfonamides is 1. The van der Waals surface area contributed by atoms with Crippen LogP contribution in [-0.2, 0) is 39.2 Å². The van der Waals surface area contributed by atoms with Gasteiger partial charge in [0.05, 0.1) is 10.6 Å². The molecule has 1 aromatic heterocycles. The fourth-order valence-electron chi connectivity index (χ4n) is 4.96. The Morgan fingerprint density at radius 2 is 1.84 bits per heavy atom. The van der Waals surface area contributed by atoms with Crippen LogP contribution in [0.15, 0.2) is 75.8 Å². The summed E-state index contributed by atoms with van der Waals surface area (Å²) in [6.45, 7) is -0.355. The molecule has 0 saturated carbocycles. The molecule has 1 saturated heterocycles. The number of anilines is 1. The van der Waals surface area contributed by atoms with Gasteiger partial charge in [-0.2, -0.15) is 0 Å². The molecule has 0 aliphatic carbocycles. The lowest BCUT2D eigenvalue weighted by atomic mass is 10.0. The van der Waals surface area contributed by atoms with E-state index in [0.29, 0.717) is 19.4 Å². The largest absolute Gasteiger partial charge is 0.438 e. The Bertz CT molecular complexity index is 2040. The normalized spacial score (nSPS) is 16.4. The average molecular weight is 681 g/mol. The summed E-state index contributed by atoms with van der Waals surface area (Å²) >= 11 is 6.84. The Morgan fingerprint density at radius 1 is 1.11 bits per heavy atom. The van der Waals surface area contributed by atoms with Crippen molar-refractivity contribution in [3.05, 3.63) is 77.6 Å². The molecule has 1 aliphatic heterocycles. The van der Waals surface area contributed by atoms with Crippen molar-refractivity contribution in [3.63, 3.8) is 0 Å². The van der Waals surface area contributed by atoms with E-state index in [1.54, 1.807) is 18.2 Å². The zero-order valence-corrected chi connectivity index (χ0v) is 25.5. The van der Waals surface area contributed by atoms with Crippen molar-refractivity contribution >= 4 is 77.0 Å². The van der Waals surface area contributed by atoms with Gasteiger partial charge in [-0.3, -0.25) is 14.4 Å². The summed E-state index contributed by atoms with van der Waals surface area (Å²) in [6.07, 6.45) is -2.42. The summed E-state index contributed by atoms with van der Waals surface area (Å²) in [5.41, 5.74) is 5.45. The van der Waals surface area contributed by atoms with Gasteiger partial charge in [0.15, 0.2) is 0 Å². The molecule has 0 bridgehead atoms. The monoisotopic (exact) mass is 680 g/mol. The van der Waals surface area contributed by atoms with Gasteiger partial charge in [0.25, 0.3) is 22.4 Å². The summed E-state index contributed by atoms with van der Waals surface area (Å²) < 4.78 is 72.9. The molecule has 1 fully saturated rings. The predicted molar refractivity (Wildman–Crippen MR) is 160 cm³/mol. The Kier molecular flexibility index (Phi) is 8.50. The van der Waals surface area contributed by atoms with Gasteiger partial charge >= 0.3 is 0 Å². The highest BCUT2D eigenvalue weighted by Gasteiger charge is 2.49. The van der Waals surface area contributed by atoms with Gasteiger partial charge < -0.3 is 15.4 Å². The van der Waals surface area contributed by atoms with Crippen LogP contribution >= 0.6 is 22.9 Å². The summed E-state index contributed by atoms with van der Waals surface area (Å²) in [4.78, 5) is 38.1. The van der Waals surface area contributed by atoms with Crippen molar-refractivity contribution in [1.82, 2.24) is 4.31 Å². The second kappa shape index (κ2) is 11.9. The molecule has 4 aromatic rings. The van der Waals surface area contributed by atoms with Gasteiger partial charge in [0, 0.05) is 21.8 Å². The molecular formula is C27H22ClFN4O8S3. The molecule has 44 heavy (non-hydrogen) atoms. The molecular weight excluding hydrogens is 659 g/mol. The second-order valence-corrected chi connectivity index (χ2v) is 14.7. The minimum absolute atomic E-state index is 0.128. The third-order valence-electron chi connectivity index (χ3n) is 6.88. The standard InChI is InChI=1S/C27H22ClFN4O8S3/c28-17-7-5-16-12-24(42-22(16)13-17)44(39,40)33(27(25(30)35)41-14-34)21-9-10-32(26(21)36)20-8-6-15(11-19(20)29)18-3-1-2-4-23(18)43(31,37)38/h1-8,11-14,21,27H,9-10H2,(H2,30,35)(H2,31,37,38). The summed E-state index contributed by atoms with van der Waals surface area (Å²) in [7, 11) is -8.86. The van der Waals surface area contributed by atoms with E-state index in [0.717, 1.165) is 22.3 Å². The van der Waals surface area contributed by atoms with Crippen LogP contribution < -0.4 is 15.8 Å². The van der Waals surface area contributed by atoms with Crippen LogP contribution in [0.5, 0.6) is 0 Å². The van der Waals surface area contributed by atoms with E-state index >= 15 is 4.39 Å². The zero-order chi connectivity index (χ0) is 32.0. The zero-order valence-electron chi connectivity index (χ0n) is 22.3. The van der Waals surface area contributed by atoms with E-state index in [-0.39, 0.29) is 45.4 Å². The minimum atomic E-state index is -4.72. The number of carbonyl (C=O) groups excluding carboxylic acids is 3. The lowest BCUT2D eigenvalue weighted by Crippen LogP contribution is -2.56. The molecule has 12 nitrogen and oxygen atoms in total. The summed E-state index contributed by atoms with van der Waals surface area (Å²) in [6, 6.07) is 13.7. The number of carbonyl (C=O) groups is 3. The number of halogens is 2. The smallest absolute Gasteiger partial charge is 0.295 e. The molecule has 5 rings (SSSR count). The maximum atomic E-state index is 15.5. The van der Waals surface area contributed by atoms with Gasteiger partial charge in [0.1, 0.15) is 16.1 Å². The number of primary amides is 1. The molecule has 2 heterocycles. The molecule has 2 atom stereocenters. The number of nitrogens with two attached hydrogens (primary N) is 2. The third-order valence-corrected chi connectivity index (χ3v) is 11.5. The Balaban J connectivity index is 1.53. The summed E-state index contributed by atoms with van der Waals surface area (Å²) in [5.74, 6) is -3.21. The van der Waals surface area contributed by atoms with Crippen molar-refractivity contribution in [3.8, 4) is 11.1 Å². The van der Waals surface area contributed by atoms with Crippen LogP contribution in [0.2, 0.25) is 5.02 Å². The van der Waals surface area contributed by atoms with E-state index in [9.17, 15) is 31.2 Å². The number of hydrogen-bond acceptors (Lipinski definition) is 9. The Labute approximate surface area is 259 Å². The van der Waals surface area contributed by atoms with E-state index in [1.807, 2.05) is 0 Å². The van der Waals surface area contributed by atoms with Crippen molar-refractivity contribution < 1.29 is 40.3 Å². The van der Waals surface area contributed by atoms with Crippen LogP contribution in [0.25, 0.3) is 21.2 Å². The number of fused-ring (bicyclic) bond motifs is 1. The van der Waals surface area contributed by atoms with Gasteiger partial charge in [-0.05, 0) is 53.8 Å². The number of benzene rings is 3.